The first-order valence-electron chi connectivity index (χ1n) is 5.60. The minimum absolute atomic E-state index is 0.194. The third kappa shape index (κ3) is 3.19. The van der Waals surface area contributed by atoms with E-state index in [0.717, 1.165) is 9.13 Å². The molecule has 2 aromatic rings. The Morgan fingerprint density at radius 1 is 1.32 bits per heavy atom. The summed E-state index contributed by atoms with van der Waals surface area (Å²) in [7, 11) is 0. The SMILES string of the molecule is Cc1cccc(C(=O)Nc2cc(N)ccc2Cl)c1I. The summed E-state index contributed by atoms with van der Waals surface area (Å²) < 4.78 is 0.928. The predicted molar refractivity (Wildman–Crippen MR) is 87.7 cm³/mol. The number of halogens is 2. The van der Waals surface area contributed by atoms with Crippen LogP contribution in [0.25, 0.3) is 0 Å². The molecule has 2 rings (SSSR count). The van der Waals surface area contributed by atoms with Crippen molar-refractivity contribution in [2.24, 2.45) is 0 Å². The summed E-state index contributed by atoms with van der Waals surface area (Å²) in [6.45, 7) is 1.96. The number of rotatable bonds is 2. The number of anilines is 2. The lowest BCUT2D eigenvalue weighted by atomic mass is 10.1. The Balaban J connectivity index is 2.31. The highest BCUT2D eigenvalue weighted by Crippen LogP contribution is 2.25. The monoisotopic (exact) mass is 386 g/mol. The van der Waals surface area contributed by atoms with Crippen molar-refractivity contribution in [1.82, 2.24) is 0 Å². The molecule has 3 N–H and O–H groups in total. The van der Waals surface area contributed by atoms with E-state index in [4.69, 9.17) is 17.3 Å². The molecule has 0 saturated heterocycles. The van der Waals surface area contributed by atoms with Gasteiger partial charge in [0.05, 0.1) is 16.3 Å². The maximum atomic E-state index is 12.2. The molecular formula is C14H12ClIN2O. The summed E-state index contributed by atoms with van der Waals surface area (Å²) in [5.74, 6) is -0.194. The maximum Gasteiger partial charge on any atom is 0.256 e. The lowest BCUT2D eigenvalue weighted by molar-refractivity contribution is 0.102. The Bertz CT molecular complexity index is 643. The molecule has 0 saturated carbocycles. The van der Waals surface area contributed by atoms with Crippen LogP contribution in [0.15, 0.2) is 36.4 Å². The summed E-state index contributed by atoms with van der Waals surface area (Å²) in [4.78, 5) is 12.2. The highest BCUT2D eigenvalue weighted by molar-refractivity contribution is 14.1. The minimum Gasteiger partial charge on any atom is -0.399 e. The second-order valence-corrected chi connectivity index (χ2v) is 5.62. The zero-order chi connectivity index (χ0) is 14.0. The zero-order valence-corrected chi connectivity index (χ0v) is 13.1. The van der Waals surface area contributed by atoms with Crippen molar-refractivity contribution in [3.05, 3.63) is 56.1 Å². The number of hydrogen-bond donors (Lipinski definition) is 2. The number of aryl methyl sites for hydroxylation is 1. The number of carbonyl (C=O) groups is 1. The van der Waals surface area contributed by atoms with Gasteiger partial charge in [-0.3, -0.25) is 4.79 Å². The topological polar surface area (TPSA) is 55.1 Å². The van der Waals surface area contributed by atoms with Crippen LogP contribution in [-0.4, -0.2) is 5.91 Å². The van der Waals surface area contributed by atoms with Crippen LogP contribution in [0.3, 0.4) is 0 Å². The first-order chi connectivity index (χ1) is 8.99. The van der Waals surface area contributed by atoms with Gasteiger partial charge in [-0.05, 0) is 59.3 Å². The van der Waals surface area contributed by atoms with Crippen LogP contribution in [0.4, 0.5) is 11.4 Å². The van der Waals surface area contributed by atoms with Gasteiger partial charge in [-0.2, -0.15) is 0 Å². The second-order valence-electron chi connectivity index (χ2n) is 4.13. The molecule has 0 aromatic heterocycles. The quantitative estimate of drug-likeness (QED) is 0.603. The highest BCUT2D eigenvalue weighted by atomic mass is 127. The number of hydrogen-bond acceptors (Lipinski definition) is 2. The van der Waals surface area contributed by atoms with Crippen LogP contribution < -0.4 is 11.1 Å². The molecule has 0 atom stereocenters. The van der Waals surface area contributed by atoms with Gasteiger partial charge in [0.2, 0.25) is 0 Å². The largest absolute Gasteiger partial charge is 0.399 e. The van der Waals surface area contributed by atoms with Crippen LogP contribution in [0.2, 0.25) is 5.02 Å². The normalized spacial score (nSPS) is 10.3. The van der Waals surface area contributed by atoms with Gasteiger partial charge in [-0.25, -0.2) is 0 Å². The molecule has 0 spiro atoms. The minimum atomic E-state index is -0.194. The van der Waals surface area contributed by atoms with Gasteiger partial charge >= 0.3 is 0 Å². The fourth-order valence-electron chi connectivity index (χ4n) is 1.65. The van der Waals surface area contributed by atoms with Crippen molar-refractivity contribution in [2.75, 3.05) is 11.1 Å². The van der Waals surface area contributed by atoms with E-state index < -0.39 is 0 Å². The Labute approximate surface area is 130 Å². The molecule has 0 aliphatic heterocycles. The fraction of sp³-hybridized carbons (Fsp3) is 0.0714. The molecule has 2 aromatic carbocycles. The molecule has 19 heavy (non-hydrogen) atoms. The van der Waals surface area contributed by atoms with Crippen LogP contribution in [-0.2, 0) is 0 Å². The van der Waals surface area contributed by atoms with Crippen molar-refractivity contribution < 1.29 is 4.79 Å². The van der Waals surface area contributed by atoms with E-state index in [9.17, 15) is 4.79 Å². The standard InChI is InChI=1S/C14H12ClIN2O/c1-8-3-2-4-10(13(8)16)14(19)18-12-7-9(17)5-6-11(12)15/h2-7H,17H2,1H3,(H,18,19). The number of benzene rings is 2. The summed E-state index contributed by atoms with van der Waals surface area (Å²) in [5, 5.41) is 3.24. The fourth-order valence-corrected chi connectivity index (χ4v) is 2.42. The number of nitrogens with one attached hydrogen (secondary N) is 1. The van der Waals surface area contributed by atoms with E-state index >= 15 is 0 Å². The smallest absolute Gasteiger partial charge is 0.256 e. The van der Waals surface area contributed by atoms with Gasteiger partial charge in [0.15, 0.2) is 0 Å². The molecule has 0 radical (unpaired) electrons. The summed E-state index contributed by atoms with van der Waals surface area (Å²) in [6, 6.07) is 10.6. The lowest BCUT2D eigenvalue weighted by Gasteiger charge is -2.10. The average molecular weight is 387 g/mol. The molecule has 0 aliphatic carbocycles. The molecule has 5 heteroatoms. The summed E-state index contributed by atoms with van der Waals surface area (Å²) >= 11 is 8.19. The van der Waals surface area contributed by atoms with E-state index in [2.05, 4.69) is 27.9 Å². The maximum absolute atomic E-state index is 12.2. The van der Waals surface area contributed by atoms with E-state index in [1.807, 2.05) is 19.1 Å². The molecule has 0 fully saturated rings. The number of nitrogen functional groups attached to an aromatic ring is 1. The van der Waals surface area contributed by atoms with Crippen molar-refractivity contribution in [1.29, 1.82) is 0 Å². The Kier molecular flexibility index (Phi) is 4.31. The first-order valence-corrected chi connectivity index (χ1v) is 7.06. The molecule has 98 valence electrons. The van der Waals surface area contributed by atoms with Crippen molar-refractivity contribution >= 4 is 51.5 Å². The van der Waals surface area contributed by atoms with E-state index in [0.29, 0.717) is 22.0 Å². The summed E-state index contributed by atoms with van der Waals surface area (Å²) in [5.41, 5.74) is 8.44. The van der Waals surface area contributed by atoms with Crippen molar-refractivity contribution in [3.63, 3.8) is 0 Å². The zero-order valence-electron chi connectivity index (χ0n) is 10.2. The third-order valence-electron chi connectivity index (χ3n) is 2.68. The van der Waals surface area contributed by atoms with E-state index in [1.165, 1.54) is 0 Å². The van der Waals surface area contributed by atoms with Gasteiger partial charge in [0.1, 0.15) is 0 Å². The van der Waals surface area contributed by atoms with Gasteiger partial charge in [-0.15, -0.1) is 0 Å². The van der Waals surface area contributed by atoms with Crippen LogP contribution in [0, 0.1) is 10.5 Å². The number of nitrogens with two attached hydrogens (primary N) is 1. The molecular weight excluding hydrogens is 375 g/mol. The molecule has 1 amide bonds. The van der Waals surface area contributed by atoms with Crippen molar-refractivity contribution in [3.8, 4) is 0 Å². The van der Waals surface area contributed by atoms with Crippen LogP contribution >= 0.6 is 34.2 Å². The van der Waals surface area contributed by atoms with Crippen LogP contribution in [0.5, 0.6) is 0 Å². The molecule has 0 aliphatic rings. The molecule has 0 unspecified atom stereocenters. The number of carbonyl (C=O) groups excluding carboxylic acids is 1. The Morgan fingerprint density at radius 2 is 2.05 bits per heavy atom. The lowest BCUT2D eigenvalue weighted by Crippen LogP contribution is -2.14. The second kappa shape index (κ2) is 5.79. The van der Waals surface area contributed by atoms with Crippen LogP contribution in [0.1, 0.15) is 15.9 Å². The Morgan fingerprint density at radius 3 is 2.79 bits per heavy atom. The average Bonchev–Trinajstić information content (AvgIpc) is 2.37. The predicted octanol–water partition coefficient (Wildman–Crippen LogP) is 4.09. The summed E-state index contributed by atoms with van der Waals surface area (Å²) in [6.07, 6.45) is 0. The first kappa shape index (κ1) is 14.1. The van der Waals surface area contributed by atoms with Crippen molar-refractivity contribution in [2.45, 2.75) is 6.92 Å². The van der Waals surface area contributed by atoms with Gasteiger partial charge in [-0.1, -0.05) is 23.7 Å². The molecule has 3 nitrogen and oxygen atoms in total. The van der Waals surface area contributed by atoms with Gasteiger partial charge in [0, 0.05) is 9.26 Å². The van der Waals surface area contributed by atoms with E-state index in [1.54, 1.807) is 24.3 Å². The number of amides is 1. The van der Waals surface area contributed by atoms with Gasteiger partial charge in [0.25, 0.3) is 5.91 Å². The van der Waals surface area contributed by atoms with E-state index in [-0.39, 0.29) is 5.91 Å². The highest BCUT2D eigenvalue weighted by Gasteiger charge is 2.13. The molecule has 0 bridgehead atoms. The molecule has 0 heterocycles. The Hall–Kier alpha value is -1.27. The third-order valence-corrected chi connectivity index (χ3v) is 4.44. The van der Waals surface area contributed by atoms with Gasteiger partial charge < -0.3 is 11.1 Å².